The van der Waals surface area contributed by atoms with Crippen LogP contribution in [0.4, 0.5) is 0 Å². The normalized spacial score (nSPS) is 11.0. The van der Waals surface area contributed by atoms with E-state index in [-0.39, 0.29) is 5.91 Å². The van der Waals surface area contributed by atoms with Gasteiger partial charge in [-0.2, -0.15) is 0 Å². The number of carbonyl (C=O) groups excluding carboxylic acids is 1. The molecule has 0 spiro atoms. The zero-order valence-corrected chi connectivity index (χ0v) is 11.7. The van der Waals surface area contributed by atoms with Crippen molar-refractivity contribution < 1.29 is 4.79 Å². The highest BCUT2D eigenvalue weighted by Gasteiger charge is 2.31. The number of benzene rings is 1. The topological polar surface area (TPSA) is 55.1 Å². The van der Waals surface area contributed by atoms with Crippen molar-refractivity contribution in [2.45, 2.75) is 38.6 Å². The molecule has 18 heavy (non-hydrogen) atoms. The lowest BCUT2D eigenvalue weighted by atomic mass is 9.92. The Morgan fingerprint density at radius 1 is 1.28 bits per heavy atom. The summed E-state index contributed by atoms with van der Waals surface area (Å²) in [6.45, 7) is 3.96. The van der Waals surface area contributed by atoms with Crippen LogP contribution in [-0.4, -0.2) is 16.4 Å². The molecule has 1 amide bonds. The fourth-order valence-corrected chi connectivity index (χ4v) is 2.27. The minimum atomic E-state index is -0.554. The number of nitrogens with one attached hydrogen (secondary N) is 1. The summed E-state index contributed by atoms with van der Waals surface area (Å²) in [5.74, 6) is -0.0438. The third-order valence-electron chi connectivity index (χ3n) is 3.26. The van der Waals surface area contributed by atoms with Gasteiger partial charge < -0.3 is 11.1 Å². The first-order chi connectivity index (χ1) is 8.54. The van der Waals surface area contributed by atoms with Crippen LogP contribution in [0.5, 0.6) is 0 Å². The van der Waals surface area contributed by atoms with Crippen LogP contribution in [0.1, 0.15) is 32.3 Å². The van der Waals surface area contributed by atoms with E-state index in [9.17, 15) is 4.79 Å². The Morgan fingerprint density at radius 2 is 1.83 bits per heavy atom. The van der Waals surface area contributed by atoms with Gasteiger partial charge in [0, 0.05) is 0 Å². The molecule has 0 heterocycles. The highest BCUT2D eigenvalue weighted by atomic mass is 32.1. The van der Waals surface area contributed by atoms with Crippen LogP contribution in [0.3, 0.4) is 0 Å². The molecule has 1 aromatic rings. The number of hydrogen-bond donors (Lipinski definition) is 2. The highest BCUT2D eigenvalue weighted by Crippen LogP contribution is 2.16. The molecular weight excluding hydrogens is 244 g/mol. The van der Waals surface area contributed by atoms with Crippen LogP contribution in [0.2, 0.25) is 0 Å². The molecule has 3 nitrogen and oxygen atoms in total. The summed E-state index contributed by atoms with van der Waals surface area (Å²) in [5, 5.41) is 2.97. The minimum absolute atomic E-state index is 0.0438. The average molecular weight is 264 g/mol. The molecule has 0 aromatic heterocycles. The Balaban J connectivity index is 2.71. The van der Waals surface area contributed by atoms with Crippen molar-refractivity contribution in [2.75, 3.05) is 0 Å². The number of rotatable bonds is 6. The van der Waals surface area contributed by atoms with Gasteiger partial charge in [-0.1, -0.05) is 56.4 Å². The summed E-state index contributed by atoms with van der Waals surface area (Å²) in [5.41, 5.74) is 6.18. The van der Waals surface area contributed by atoms with E-state index in [0.717, 1.165) is 5.56 Å². The van der Waals surface area contributed by atoms with Crippen molar-refractivity contribution in [2.24, 2.45) is 5.73 Å². The molecular formula is C14H20N2OS. The molecule has 0 saturated carbocycles. The lowest BCUT2D eigenvalue weighted by Crippen LogP contribution is -2.56. The van der Waals surface area contributed by atoms with Gasteiger partial charge in [-0.25, -0.2) is 0 Å². The van der Waals surface area contributed by atoms with Crippen molar-refractivity contribution in [3.8, 4) is 0 Å². The van der Waals surface area contributed by atoms with Gasteiger partial charge in [-0.3, -0.25) is 4.79 Å². The van der Waals surface area contributed by atoms with Crippen molar-refractivity contribution in [1.82, 2.24) is 5.32 Å². The lowest BCUT2D eigenvalue weighted by molar-refractivity contribution is -0.121. The number of carbonyl (C=O) groups is 1. The molecule has 3 N–H and O–H groups in total. The van der Waals surface area contributed by atoms with Gasteiger partial charge >= 0.3 is 0 Å². The van der Waals surface area contributed by atoms with Crippen LogP contribution in [0.25, 0.3) is 0 Å². The first kappa shape index (κ1) is 14.6. The van der Waals surface area contributed by atoms with Gasteiger partial charge in [0.15, 0.2) is 0 Å². The van der Waals surface area contributed by atoms with E-state index in [4.69, 9.17) is 18.0 Å². The SMILES string of the molecule is CCC(CC)(NC(=O)Cc1ccccc1)C(N)=S. The number of amides is 1. The van der Waals surface area contributed by atoms with E-state index in [1.165, 1.54) is 0 Å². The van der Waals surface area contributed by atoms with Crippen LogP contribution < -0.4 is 11.1 Å². The zero-order chi connectivity index (χ0) is 13.6. The molecule has 0 aliphatic carbocycles. The third kappa shape index (κ3) is 3.53. The maximum absolute atomic E-state index is 12.0. The Morgan fingerprint density at radius 3 is 2.28 bits per heavy atom. The number of hydrogen-bond acceptors (Lipinski definition) is 2. The second kappa shape index (κ2) is 6.50. The van der Waals surface area contributed by atoms with Gasteiger partial charge in [-0.15, -0.1) is 0 Å². The standard InChI is InChI=1S/C14H20N2OS/c1-3-14(4-2,13(15)18)16-12(17)10-11-8-6-5-7-9-11/h5-9H,3-4,10H2,1-2H3,(H2,15,18)(H,16,17). The van der Waals surface area contributed by atoms with Crippen LogP contribution in [0.15, 0.2) is 30.3 Å². The Bertz CT molecular complexity index is 413. The van der Waals surface area contributed by atoms with Gasteiger partial charge in [0.05, 0.1) is 16.9 Å². The summed E-state index contributed by atoms with van der Waals surface area (Å²) < 4.78 is 0. The quantitative estimate of drug-likeness (QED) is 0.774. The van der Waals surface area contributed by atoms with Gasteiger partial charge in [0.2, 0.25) is 5.91 Å². The van der Waals surface area contributed by atoms with Crippen LogP contribution >= 0.6 is 12.2 Å². The van der Waals surface area contributed by atoms with Crippen molar-refractivity contribution >= 4 is 23.1 Å². The first-order valence-electron chi connectivity index (χ1n) is 6.19. The summed E-state index contributed by atoms with van der Waals surface area (Å²) in [4.78, 5) is 12.4. The van der Waals surface area contributed by atoms with Crippen LogP contribution in [-0.2, 0) is 11.2 Å². The highest BCUT2D eigenvalue weighted by molar-refractivity contribution is 7.80. The summed E-state index contributed by atoms with van der Waals surface area (Å²) in [7, 11) is 0. The summed E-state index contributed by atoms with van der Waals surface area (Å²) in [6.07, 6.45) is 1.77. The largest absolute Gasteiger partial charge is 0.391 e. The fourth-order valence-electron chi connectivity index (χ4n) is 1.93. The molecule has 0 atom stereocenters. The second-order valence-electron chi connectivity index (χ2n) is 4.36. The van der Waals surface area contributed by atoms with Crippen LogP contribution in [0, 0.1) is 0 Å². The maximum Gasteiger partial charge on any atom is 0.225 e. The lowest BCUT2D eigenvalue weighted by Gasteiger charge is -2.31. The minimum Gasteiger partial charge on any atom is -0.391 e. The molecule has 0 unspecified atom stereocenters. The van der Waals surface area contributed by atoms with E-state index >= 15 is 0 Å². The Hall–Kier alpha value is -1.42. The molecule has 0 radical (unpaired) electrons. The maximum atomic E-state index is 12.0. The van der Waals surface area contributed by atoms with E-state index in [1.807, 2.05) is 44.2 Å². The van der Waals surface area contributed by atoms with E-state index in [2.05, 4.69) is 5.32 Å². The molecule has 0 bridgehead atoms. The predicted octanol–water partition coefficient (Wildman–Crippen LogP) is 2.19. The second-order valence-corrected chi connectivity index (χ2v) is 4.80. The van der Waals surface area contributed by atoms with Gasteiger partial charge in [0.1, 0.15) is 0 Å². The molecule has 4 heteroatoms. The number of thiocarbonyl (C=S) groups is 1. The van der Waals surface area contributed by atoms with Crippen molar-refractivity contribution in [3.63, 3.8) is 0 Å². The van der Waals surface area contributed by atoms with Gasteiger partial charge in [0.25, 0.3) is 0 Å². The molecule has 98 valence electrons. The summed E-state index contributed by atoms with van der Waals surface area (Å²) >= 11 is 5.07. The molecule has 1 rings (SSSR count). The molecule has 0 fully saturated rings. The Kier molecular flexibility index (Phi) is 5.28. The van der Waals surface area contributed by atoms with E-state index in [1.54, 1.807) is 0 Å². The third-order valence-corrected chi connectivity index (χ3v) is 3.66. The first-order valence-corrected chi connectivity index (χ1v) is 6.59. The van der Waals surface area contributed by atoms with Gasteiger partial charge in [-0.05, 0) is 18.4 Å². The smallest absolute Gasteiger partial charge is 0.225 e. The Labute approximate surface area is 114 Å². The number of nitrogens with two attached hydrogens (primary N) is 1. The fraction of sp³-hybridized carbons (Fsp3) is 0.429. The molecule has 1 aromatic carbocycles. The van der Waals surface area contributed by atoms with E-state index in [0.29, 0.717) is 24.3 Å². The predicted molar refractivity (Wildman–Crippen MR) is 78.4 cm³/mol. The molecule has 0 saturated heterocycles. The van der Waals surface area contributed by atoms with E-state index < -0.39 is 5.54 Å². The van der Waals surface area contributed by atoms with Crippen molar-refractivity contribution in [3.05, 3.63) is 35.9 Å². The average Bonchev–Trinajstić information content (AvgIpc) is 2.37. The van der Waals surface area contributed by atoms with Crippen molar-refractivity contribution in [1.29, 1.82) is 0 Å². The summed E-state index contributed by atoms with van der Waals surface area (Å²) in [6, 6.07) is 9.63. The molecule has 0 aliphatic heterocycles. The molecule has 0 aliphatic rings. The zero-order valence-electron chi connectivity index (χ0n) is 10.9. The monoisotopic (exact) mass is 264 g/mol.